The maximum atomic E-state index is 5.29. The Bertz CT molecular complexity index is 404. The molecule has 2 aromatic rings. The van der Waals surface area contributed by atoms with Gasteiger partial charge in [0.05, 0.1) is 6.26 Å². The maximum Gasteiger partial charge on any atom is 0.133 e. The Morgan fingerprint density at radius 3 is 2.69 bits per heavy atom. The van der Waals surface area contributed by atoms with Crippen molar-refractivity contribution in [2.45, 2.75) is 6.92 Å². The smallest absolute Gasteiger partial charge is 0.133 e. The average Bonchev–Trinajstić information content (AvgIpc) is 2.62. The summed E-state index contributed by atoms with van der Waals surface area (Å²) in [5, 5.41) is 0. The van der Waals surface area contributed by atoms with Crippen molar-refractivity contribution in [1.82, 2.24) is 0 Å². The standard InChI is InChI=1S/C11H9BrO/c1-8-4-5-9(7-10(8)12)11-3-2-6-13-11/h2-7H,1H3. The van der Waals surface area contributed by atoms with Crippen LogP contribution >= 0.6 is 15.9 Å². The lowest BCUT2D eigenvalue weighted by atomic mass is 10.1. The van der Waals surface area contributed by atoms with Crippen LogP contribution in [-0.2, 0) is 0 Å². The Balaban J connectivity index is 2.49. The molecular formula is C11H9BrO. The summed E-state index contributed by atoms with van der Waals surface area (Å²) in [6.45, 7) is 2.07. The molecule has 1 heterocycles. The van der Waals surface area contributed by atoms with Crippen LogP contribution < -0.4 is 0 Å². The molecule has 2 rings (SSSR count). The average molecular weight is 237 g/mol. The molecule has 0 aliphatic heterocycles. The summed E-state index contributed by atoms with van der Waals surface area (Å²) < 4.78 is 6.41. The fourth-order valence-electron chi connectivity index (χ4n) is 1.19. The normalized spacial score (nSPS) is 10.3. The van der Waals surface area contributed by atoms with E-state index in [1.54, 1.807) is 6.26 Å². The van der Waals surface area contributed by atoms with Crippen LogP contribution in [0, 0.1) is 6.92 Å². The molecule has 0 aliphatic rings. The highest BCUT2D eigenvalue weighted by Gasteiger charge is 2.01. The van der Waals surface area contributed by atoms with Crippen LogP contribution in [0.5, 0.6) is 0 Å². The van der Waals surface area contributed by atoms with E-state index in [1.165, 1.54) is 5.56 Å². The van der Waals surface area contributed by atoms with Gasteiger partial charge >= 0.3 is 0 Å². The highest BCUT2D eigenvalue weighted by atomic mass is 79.9. The van der Waals surface area contributed by atoms with Gasteiger partial charge in [0.15, 0.2) is 0 Å². The van der Waals surface area contributed by atoms with E-state index in [0.29, 0.717) is 0 Å². The largest absolute Gasteiger partial charge is 0.464 e. The van der Waals surface area contributed by atoms with E-state index < -0.39 is 0 Å². The fraction of sp³-hybridized carbons (Fsp3) is 0.0909. The highest BCUT2D eigenvalue weighted by molar-refractivity contribution is 9.10. The number of benzene rings is 1. The third-order valence-electron chi connectivity index (χ3n) is 1.98. The Hall–Kier alpha value is -1.02. The number of hydrogen-bond acceptors (Lipinski definition) is 1. The summed E-state index contributed by atoms with van der Waals surface area (Å²) in [7, 11) is 0. The molecule has 0 amide bonds. The number of furan rings is 1. The predicted octanol–water partition coefficient (Wildman–Crippen LogP) is 4.02. The topological polar surface area (TPSA) is 13.1 Å². The van der Waals surface area contributed by atoms with Crippen molar-refractivity contribution in [2.75, 3.05) is 0 Å². The molecule has 0 unspecified atom stereocenters. The van der Waals surface area contributed by atoms with E-state index in [1.807, 2.05) is 12.1 Å². The van der Waals surface area contributed by atoms with Crippen molar-refractivity contribution in [3.63, 3.8) is 0 Å². The minimum atomic E-state index is 0.903. The van der Waals surface area contributed by atoms with Gasteiger partial charge in [0.1, 0.15) is 5.76 Å². The quantitative estimate of drug-likeness (QED) is 0.730. The van der Waals surface area contributed by atoms with Crippen molar-refractivity contribution in [1.29, 1.82) is 0 Å². The Morgan fingerprint density at radius 2 is 2.08 bits per heavy atom. The third kappa shape index (κ3) is 1.68. The monoisotopic (exact) mass is 236 g/mol. The van der Waals surface area contributed by atoms with Gasteiger partial charge in [-0.2, -0.15) is 0 Å². The van der Waals surface area contributed by atoms with Gasteiger partial charge in [-0.1, -0.05) is 28.1 Å². The second-order valence-corrected chi connectivity index (χ2v) is 3.80. The Labute approximate surface area is 85.5 Å². The SMILES string of the molecule is Cc1ccc(-c2ccco2)cc1Br. The third-order valence-corrected chi connectivity index (χ3v) is 2.83. The van der Waals surface area contributed by atoms with E-state index in [-0.39, 0.29) is 0 Å². The van der Waals surface area contributed by atoms with Gasteiger partial charge in [-0.05, 0) is 30.7 Å². The van der Waals surface area contributed by atoms with Crippen LogP contribution in [0.4, 0.5) is 0 Å². The molecule has 0 radical (unpaired) electrons. The Kier molecular flexibility index (Phi) is 2.23. The molecule has 0 bridgehead atoms. The zero-order valence-electron chi connectivity index (χ0n) is 7.25. The zero-order chi connectivity index (χ0) is 9.26. The minimum absolute atomic E-state index is 0.903. The molecule has 66 valence electrons. The number of aryl methyl sites for hydroxylation is 1. The van der Waals surface area contributed by atoms with Gasteiger partial charge in [-0.15, -0.1) is 0 Å². The summed E-state index contributed by atoms with van der Waals surface area (Å²) in [6, 6.07) is 10.0. The lowest BCUT2D eigenvalue weighted by molar-refractivity contribution is 0.582. The fourth-order valence-corrected chi connectivity index (χ4v) is 1.57. The second kappa shape index (κ2) is 3.38. The van der Waals surface area contributed by atoms with Crippen LogP contribution in [0.2, 0.25) is 0 Å². The first-order valence-corrected chi connectivity index (χ1v) is 4.87. The van der Waals surface area contributed by atoms with Crippen molar-refractivity contribution >= 4 is 15.9 Å². The molecule has 0 fully saturated rings. The van der Waals surface area contributed by atoms with Crippen LogP contribution in [-0.4, -0.2) is 0 Å². The Morgan fingerprint density at radius 1 is 1.23 bits per heavy atom. The molecule has 1 aromatic heterocycles. The highest BCUT2D eigenvalue weighted by Crippen LogP contribution is 2.25. The summed E-state index contributed by atoms with van der Waals surface area (Å²) in [4.78, 5) is 0. The van der Waals surface area contributed by atoms with Crippen molar-refractivity contribution in [2.24, 2.45) is 0 Å². The van der Waals surface area contributed by atoms with E-state index in [4.69, 9.17) is 4.42 Å². The summed E-state index contributed by atoms with van der Waals surface area (Å²) in [6.07, 6.45) is 1.68. The molecule has 13 heavy (non-hydrogen) atoms. The summed E-state index contributed by atoms with van der Waals surface area (Å²) in [5.74, 6) is 0.903. The first-order chi connectivity index (χ1) is 6.27. The molecular weight excluding hydrogens is 228 g/mol. The number of hydrogen-bond donors (Lipinski definition) is 0. The molecule has 1 aromatic carbocycles. The van der Waals surface area contributed by atoms with E-state index in [0.717, 1.165) is 15.8 Å². The van der Waals surface area contributed by atoms with E-state index >= 15 is 0 Å². The number of halogens is 1. The van der Waals surface area contributed by atoms with Gasteiger partial charge in [0.25, 0.3) is 0 Å². The number of rotatable bonds is 1. The van der Waals surface area contributed by atoms with Crippen LogP contribution in [0.15, 0.2) is 45.5 Å². The molecule has 0 saturated carbocycles. The minimum Gasteiger partial charge on any atom is -0.464 e. The predicted molar refractivity (Wildman–Crippen MR) is 56.6 cm³/mol. The lowest BCUT2D eigenvalue weighted by Gasteiger charge is -2.00. The molecule has 0 atom stereocenters. The molecule has 0 saturated heterocycles. The second-order valence-electron chi connectivity index (χ2n) is 2.94. The molecule has 0 aliphatic carbocycles. The van der Waals surface area contributed by atoms with Gasteiger partial charge in [0, 0.05) is 10.0 Å². The zero-order valence-corrected chi connectivity index (χ0v) is 8.84. The van der Waals surface area contributed by atoms with Gasteiger partial charge in [-0.3, -0.25) is 0 Å². The lowest BCUT2D eigenvalue weighted by Crippen LogP contribution is -1.77. The van der Waals surface area contributed by atoms with Gasteiger partial charge in [-0.25, -0.2) is 0 Å². The van der Waals surface area contributed by atoms with Crippen LogP contribution in [0.3, 0.4) is 0 Å². The molecule has 0 spiro atoms. The molecule has 2 heteroatoms. The van der Waals surface area contributed by atoms with Gasteiger partial charge in [0.2, 0.25) is 0 Å². The van der Waals surface area contributed by atoms with Crippen molar-refractivity contribution in [3.8, 4) is 11.3 Å². The van der Waals surface area contributed by atoms with Crippen molar-refractivity contribution in [3.05, 3.63) is 46.6 Å². The first-order valence-electron chi connectivity index (χ1n) is 4.07. The van der Waals surface area contributed by atoms with Crippen LogP contribution in [0.25, 0.3) is 11.3 Å². The molecule has 0 N–H and O–H groups in total. The van der Waals surface area contributed by atoms with Crippen molar-refractivity contribution < 1.29 is 4.42 Å². The van der Waals surface area contributed by atoms with Crippen LogP contribution in [0.1, 0.15) is 5.56 Å². The maximum absolute atomic E-state index is 5.29. The summed E-state index contributed by atoms with van der Waals surface area (Å²) in [5.41, 5.74) is 2.33. The molecule has 1 nitrogen and oxygen atoms in total. The summed E-state index contributed by atoms with van der Waals surface area (Å²) >= 11 is 3.49. The van der Waals surface area contributed by atoms with E-state index in [2.05, 4.69) is 41.1 Å². The van der Waals surface area contributed by atoms with Gasteiger partial charge < -0.3 is 4.42 Å². The first kappa shape index (κ1) is 8.57. The van der Waals surface area contributed by atoms with E-state index in [9.17, 15) is 0 Å².